The normalized spacial score (nSPS) is 11.9. The molecule has 0 saturated heterocycles. The van der Waals surface area contributed by atoms with Gasteiger partial charge in [-0.2, -0.15) is 0 Å². The lowest BCUT2D eigenvalue weighted by Gasteiger charge is -2.21. The first kappa shape index (κ1) is 25.4. The van der Waals surface area contributed by atoms with Gasteiger partial charge in [-0.25, -0.2) is 0 Å². The van der Waals surface area contributed by atoms with E-state index in [0.717, 1.165) is 0 Å². The zero-order chi connectivity index (χ0) is 30.2. The molecule has 10 aromatic rings. The molecule has 0 spiro atoms. The van der Waals surface area contributed by atoms with Crippen molar-refractivity contribution in [1.82, 2.24) is 0 Å². The van der Waals surface area contributed by atoms with Crippen LogP contribution in [0, 0.1) is 0 Å². The highest BCUT2D eigenvalue weighted by Crippen LogP contribution is 2.49. The van der Waals surface area contributed by atoms with E-state index < -0.39 is 0 Å². The lowest BCUT2D eigenvalue weighted by Crippen LogP contribution is -1.93. The molecule has 0 bridgehead atoms. The molecule has 0 N–H and O–H groups in total. The third-order valence-corrected chi connectivity index (χ3v) is 9.99. The van der Waals surface area contributed by atoms with Gasteiger partial charge in [0.2, 0.25) is 0 Å². The molecule has 0 heterocycles. The Labute approximate surface area is 267 Å². The van der Waals surface area contributed by atoms with Crippen LogP contribution in [0.1, 0.15) is 0 Å². The van der Waals surface area contributed by atoms with Gasteiger partial charge in [-0.3, -0.25) is 0 Å². The molecule has 0 heteroatoms. The highest BCUT2D eigenvalue weighted by atomic mass is 14.2. The quantitative estimate of drug-likeness (QED) is 0.144. The number of benzene rings is 10. The zero-order valence-electron chi connectivity index (χ0n) is 25.2. The number of rotatable bonds is 3. The summed E-state index contributed by atoms with van der Waals surface area (Å²) in [5, 5.41) is 15.6. The van der Waals surface area contributed by atoms with Gasteiger partial charge in [-0.1, -0.05) is 170 Å². The molecule has 46 heavy (non-hydrogen) atoms. The highest BCUT2D eigenvalue weighted by Gasteiger charge is 2.21. The molecule has 0 fully saturated rings. The molecule has 0 aliphatic rings. The second-order valence-corrected chi connectivity index (χ2v) is 12.4. The first-order valence-electron chi connectivity index (χ1n) is 16.0. The van der Waals surface area contributed by atoms with E-state index in [-0.39, 0.29) is 0 Å². The molecular weight excluding hydrogens is 553 g/mol. The molecule has 0 atom stereocenters. The van der Waals surface area contributed by atoms with Gasteiger partial charge in [0.05, 0.1) is 0 Å². The van der Waals surface area contributed by atoms with Gasteiger partial charge >= 0.3 is 0 Å². The van der Waals surface area contributed by atoms with E-state index in [9.17, 15) is 0 Å². The maximum Gasteiger partial charge on any atom is -0.00139 e. The van der Waals surface area contributed by atoms with Crippen LogP contribution in [0.3, 0.4) is 0 Å². The van der Waals surface area contributed by atoms with E-state index in [1.807, 2.05) is 0 Å². The van der Waals surface area contributed by atoms with Crippen LogP contribution in [-0.4, -0.2) is 0 Å². The van der Waals surface area contributed by atoms with Gasteiger partial charge in [0, 0.05) is 0 Å². The lowest BCUT2D eigenvalue weighted by molar-refractivity contribution is 1.61. The fourth-order valence-electron chi connectivity index (χ4n) is 7.95. The van der Waals surface area contributed by atoms with Gasteiger partial charge in [0.1, 0.15) is 0 Å². The van der Waals surface area contributed by atoms with Crippen LogP contribution in [0.2, 0.25) is 0 Å². The maximum atomic E-state index is 2.36. The van der Waals surface area contributed by atoms with Crippen molar-refractivity contribution in [3.63, 3.8) is 0 Å². The smallest absolute Gasteiger partial charge is 0.00139 e. The molecule has 10 aromatic carbocycles. The Balaban J connectivity index is 1.36. The Morgan fingerprint density at radius 3 is 1.52 bits per heavy atom. The molecular formula is C46H28. The van der Waals surface area contributed by atoms with Crippen LogP contribution in [0.15, 0.2) is 170 Å². The fraction of sp³-hybridized carbons (Fsp3) is 0. The summed E-state index contributed by atoms with van der Waals surface area (Å²) in [5.41, 5.74) is 7.59. The van der Waals surface area contributed by atoms with Gasteiger partial charge < -0.3 is 0 Å². The molecule has 0 radical (unpaired) electrons. The van der Waals surface area contributed by atoms with Gasteiger partial charge in [0.25, 0.3) is 0 Å². The van der Waals surface area contributed by atoms with Crippen molar-refractivity contribution in [2.75, 3.05) is 0 Å². The molecule has 0 unspecified atom stereocenters. The van der Waals surface area contributed by atoms with Crippen molar-refractivity contribution >= 4 is 64.6 Å². The largest absolute Gasteiger partial charge is 0.0622 e. The number of hydrogen-bond donors (Lipinski definition) is 0. The third-order valence-electron chi connectivity index (χ3n) is 9.99. The molecule has 10 rings (SSSR count). The summed E-state index contributed by atoms with van der Waals surface area (Å²) >= 11 is 0. The van der Waals surface area contributed by atoms with E-state index in [2.05, 4.69) is 170 Å². The molecule has 212 valence electrons. The Bertz CT molecular complexity index is 2750. The van der Waals surface area contributed by atoms with Crippen molar-refractivity contribution in [2.45, 2.75) is 0 Å². The van der Waals surface area contributed by atoms with E-state index >= 15 is 0 Å². The predicted octanol–water partition coefficient (Wildman–Crippen LogP) is 13.0. The van der Waals surface area contributed by atoms with Crippen LogP contribution < -0.4 is 0 Å². The Hall–Kier alpha value is -5.98. The van der Waals surface area contributed by atoms with Crippen molar-refractivity contribution in [1.29, 1.82) is 0 Å². The average molecular weight is 581 g/mol. The second-order valence-electron chi connectivity index (χ2n) is 12.4. The van der Waals surface area contributed by atoms with Crippen LogP contribution in [-0.2, 0) is 0 Å². The van der Waals surface area contributed by atoms with Gasteiger partial charge in [-0.15, -0.1) is 0 Å². The Kier molecular flexibility index (Phi) is 5.38. The van der Waals surface area contributed by atoms with Gasteiger partial charge in [-0.05, 0) is 98.0 Å². The summed E-state index contributed by atoms with van der Waals surface area (Å²) < 4.78 is 0. The van der Waals surface area contributed by atoms with Crippen LogP contribution in [0.4, 0.5) is 0 Å². The summed E-state index contributed by atoms with van der Waals surface area (Å²) in [6, 6.07) is 62.8. The van der Waals surface area contributed by atoms with E-state index in [1.54, 1.807) is 0 Å². The summed E-state index contributed by atoms with van der Waals surface area (Å²) in [4.78, 5) is 0. The van der Waals surface area contributed by atoms with Crippen molar-refractivity contribution in [2.24, 2.45) is 0 Å². The summed E-state index contributed by atoms with van der Waals surface area (Å²) in [6.07, 6.45) is 0. The molecule has 0 saturated carbocycles. The summed E-state index contributed by atoms with van der Waals surface area (Å²) in [5.74, 6) is 0. The molecule has 0 amide bonds. The zero-order valence-corrected chi connectivity index (χ0v) is 25.2. The average Bonchev–Trinajstić information content (AvgIpc) is 3.13. The lowest BCUT2D eigenvalue weighted by atomic mass is 9.82. The minimum absolute atomic E-state index is 1.23. The van der Waals surface area contributed by atoms with E-state index in [1.165, 1.54) is 98.0 Å². The number of fused-ring (bicyclic) bond motifs is 4. The standard InChI is InChI=1S/C46H28/c1-2-9-29(10-3-1)30-17-19-34(20-18-30)43-37-15-6-7-16-38(37)46(45-36-14-5-4-11-31(36)23-28-41(43)45)40-27-25-35-22-21-32-12-8-13-33-24-26-39(40)44(35)42(32)33/h1-28H. The van der Waals surface area contributed by atoms with E-state index in [0.29, 0.717) is 0 Å². The first-order valence-corrected chi connectivity index (χ1v) is 16.0. The molecule has 0 nitrogen and oxygen atoms in total. The summed E-state index contributed by atoms with van der Waals surface area (Å²) in [7, 11) is 0. The van der Waals surface area contributed by atoms with Crippen LogP contribution >= 0.6 is 0 Å². The topological polar surface area (TPSA) is 0 Å². The van der Waals surface area contributed by atoms with Crippen molar-refractivity contribution in [3.8, 4) is 33.4 Å². The predicted molar refractivity (Wildman–Crippen MR) is 199 cm³/mol. The minimum atomic E-state index is 1.23. The summed E-state index contributed by atoms with van der Waals surface area (Å²) in [6.45, 7) is 0. The second kappa shape index (κ2) is 9.76. The first-order chi connectivity index (χ1) is 22.8. The molecule has 0 aromatic heterocycles. The number of hydrogen-bond acceptors (Lipinski definition) is 0. The van der Waals surface area contributed by atoms with Crippen LogP contribution in [0.5, 0.6) is 0 Å². The van der Waals surface area contributed by atoms with Crippen molar-refractivity contribution < 1.29 is 0 Å². The van der Waals surface area contributed by atoms with Crippen LogP contribution in [0.25, 0.3) is 98.0 Å². The fourth-order valence-corrected chi connectivity index (χ4v) is 7.95. The van der Waals surface area contributed by atoms with E-state index in [4.69, 9.17) is 0 Å². The minimum Gasteiger partial charge on any atom is -0.0622 e. The highest BCUT2D eigenvalue weighted by molar-refractivity contribution is 6.32. The van der Waals surface area contributed by atoms with Gasteiger partial charge in [0.15, 0.2) is 0 Å². The third kappa shape index (κ3) is 3.62. The maximum absolute atomic E-state index is 2.36. The monoisotopic (exact) mass is 580 g/mol. The molecule has 0 aliphatic carbocycles. The Morgan fingerprint density at radius 1 is 0.217 bits per heavy atom. The molecule has 0 aliphatic heterocycles. The SMILES string of the molecule is c1ccc(-c2ccc(-c3c4ccccc4c(-c4ccc5ccc6cccc7ccc4c5c67)c4c3ccc3ccccc34)cc2)cc1. The van der Waals surface area contributed by atoms with Crippen molar-refractivity contribution in [3.05, 3.63) is 170 Å². The Morgan fingerprint density at radius 2 is 0.739 bits per heavy atom.